The van der Waals surface area contributed by atoms with Gasteiger partial charge in [-0.25, -0.2) is 0 Å². The standard InChI is InChI=1S/C12H25/c1-9(2)10(11(3,4)5)12(6,7)8/h9-10H,3H2,1-2,4-8H3. The van der Waals surface area contributed by atoms with Gasteiger partial charge in [-0.2, -0.15) is 0 Å². The molecule has 0 saturated carbocycles. The van der Waals surface area contributed by atoms with E-state index in [0.29, 0.717) is 17.3 Å². The highest BCUT2D eigenvalue weighted by Crippen LogP contribution is 2.43. The molecule has 0 N–H and O–H groups in total. The van der Waals surface area contributed by atoms with Gasteiger partial charge in [0.25, 0.3) is 0 Å². The molecule has 1 atom stereocenters. The summed E-state index contributed by atoms with van der Waals surface area (Å²) in [7, 11) is 0. The van der Waals surface area contributed by atoms with E-state index in [-0.39, 0.29) is 5.41 Å². The van der Waals surface area contributed by atoms with Crippen molar-refractivity contribution < 1.29 is 0 Å². The maximum atomic E-state index is 4.26. The molecule has 73 valence electrons. The Bertz CT molecular complexity index is 115. The van der Waals surface area contributed by atoms with Gasteiger partial charge in [0.2, 0.25) is 0 Å². The number of rotatable bonds is 2. The maximum absolute atomic E-state index is 4.26. The van der Waals surface area contributed by atoms with Crippen LogP contribution in [0.1, 0.15) is 48.5 Å². The highest BCUT2D eigenvalue weighted by molar-refractivity contribution is 4.89. The summed E-state index contributed by atoms with van der Waals surface area (Å²) in [5.74, 6) is 1.38. The van der Waals surface area contributed by atoms with Crippen molar-refractivity contribution in [2.45, 2.75) is 48.5 Å². The van der Waals surface area contributed by atoms with Crippen LogP contribution in [0, 0.1) is 29.6 Å². The second kappa shape index (κ2) is 3.40. The van der Waals surface area contributed by atoms with Crippen molar-refractivity contribution in [3.63, 3.8) is 0 Å². The Labute approximate surface area is 78.8 Å². The molecule has 1 unspecified atom stereocenters. The smallest absolute Gasteiger partial charge is 0.0291 e. The normalized spacial score (nSPS) is 14.5. The lowest BCUT2D eigenvalue weighted by Gasteiger charge is -2.43. The molecule has 0 nitrogen and oxygen atoms in total. The molecule has 0 aromatic heterocycles. The predicted molar refractivity (Wildman–Crippen MR) is 56.9 cm³/mol. The zero-order valence-corrected chi connectivity index (χ0v) is 9.86. The summed E-state index contributed by atoms with van der Waals surface area (Å²) < 4.78 is 0. The van der Waals surface area contributed by atoms with E-state index in [9.17, 15) is 0 Å². The van der Waals surface area contributed by atoms with Crippen molar-refractivity contribution in [1.82, 2.24) is 0 Å². The lowest BCUT2D eigenvalue weighted by atomic mass is 9.62. The molecule has 0 saturated heterocycles. The Morgan fingerprint density at radius 3 is 1.25 bits per heavy atom. The molecule has 1 radical (unpaired) electrons. The van der Waals surface area contributed by atoms with Crippen LogP contribution < -0.4 is 0 Å². The van der Waals surface area contributed by atoms with Crippen molar-refractivity contribution in [2.24, 2.45) is 22.7 Å². The van der Waals surface area contributed by atoms with E-state index in [2.05, 4.69) is 55.4 Å². The average molecular weight is 169 g/mol. The van der Waals surface area contributed by atoms with E-state index in [1.54, 1.807) is 0 Å². The number of hydrogen-bond donors (Lipinski definition) is 0. The van der Waals surface area contributed by atoms with Gasteiger partial charge >= 0.3 is 0 Å². The summed E-state index contributed by atoms with van der Waals surface area (Å²) in [6.45, 7) is 20.3. The first-order chi connectivity index (χ1) is 5.07. The molecule has 0 aromatic carbocycles. The van der Waals surface area contributed by atoms with E-state index in [4.69, 9.17) is 0 Å². The topological polar surface area (TPSA) is 0 Å². The van der Waals surface area contributed by atoms with Gasteiger partial charge in [0.1, 0.15) is 0 Å². The van der Waals surface area contributed by atoms with Crippen LogP contribution in [-0.4, -0.2) is 0 Å². The Balaban J connectivity index is 4.70. The van der Waals surface area contributed by atoms with Gasteiger partial charge in [-0.3, -0.25) is 0 Å². The van der Waals surface area contributed by atoms with Crippen molar-refractivity contribution in [3.05, 3.63) is 6.92 Å². The van der Waals surface area contributed by atoms with E-state index < -0.39 is 0 Å². The first-order valence-corrected chi connectivity index (χ1v) is 4.92. The largest absolute Gasteiger partial charge is 0.0625 e. The Morgan fingerprint density at radius 2 is 1.25 bits per heavy atom. The minimum atomic E-state index is 0.173. The van der Waals surface area contributed by atoms with Gasteiger partial charge < -0.3 is 0 Å². The summed E-state index contributed by atoms with van der Waals surface area (Å²) in [6.07, 6.45) is 0. The minimum Gasteiger partial charge on any atom is -0.0625 e. The fraction of sp³-hybridized carbons (Fsp3) is 0.917. The molecule has 0 aliphatic heterocycles. The third kappa shape index (κ3) is 3.16. The van der Waals surface area contributed by atoms with Crippen molar-refractivity contribution in [1.29, 1.82) is 0 Å². The van der Waals surface area contributed by atoms with Crippen molar-refractivity contribution >= 4 is 0 Å². The third-order valence-corrected chi connectivity index (χ3v) is 2.44. The zero-order chi connectivity index (χ0) is 10.2. The molecular formula is C12H25. The monoisotopic (exact) mass is 169 g/mol. The second-order valence-electron chi connectivity index (χ2n) is 6.08. The van der Waals surface area contributed by atoms with Crippen LogP contribution in [-0.2, 0) is 0 Å². The van der Waals surface area contributed by atoms with Crippen LogP contribution in [0.3, 0.4) is 0 Å². The van der Waals surface area contributed by atoms with Gasteiger partial charge in [-0.15, -0.1) is 0 Å². The number of hydrogen-bond acceptors (Lipinski definition) is 0. The molecule has 0 aromatic rings. The molecule has 0 heterocycles. The average Bonchev–Trinajstić information content (AvgIpc) is 1.49. The lowest BCUT2D eigenvalue weighted by molar-refractivity contribution is 0.0754. The van der Waals surface area contributed by atoms with E-state index in [0.717, 1.165) is 0 Å². The van der Waals surface area contributed by atoms with E-state index in [1.807, 2.05) is 0 Å². The quantitative estimate of drug-likeness (QED) is 0.582. The van der Waals surface area contributed by atoms with Gasteiger partial charge in [0.15, 0.2) is 0 Å². The summed E-state index contributed by atoms with van der Waals surface area (Å²) in [4.78, 5) is 0. The lowest BCUT2D eigenvalue weighted by Crippen LogP contribution is -2.36. The van der Waals surface area contributed by atoms with Gasteiger partial charge in [0, 0.05) is 0 Å². The summed E-state index contributed by atoms with van der Waals surface area (Å²) in [5, 5.41) is 0. The third-order valence-electron chi connectivity index (χ3n) is 2.44. The van der Waals surface area contributed by atoms with Crippen molar-refractivity contribution in [3.8, 4) is 0 Å². The molecule has 0 heteroatoms. The molecule has 0 fully saturated rings. The summed E-state index contributed by atoms with van der Waals surface area (Å²) in [6, 6.07) is 0. The summed E-state index contributed by atoms with van der Waals surface area (Å²) >= 11 is 0. The molecule has 12 heavy (non-hydrogen) atoms. The van der Waals surface area contributed by atoms with Gasteiger partial charge in [0.05, 0.1) is 0 Å². The molecule has 0 spiro atoms. The van der Waals surface area contributed by atoms with E-state index in [1.165, 1.54) is 0 Å². The molecule has 0 rings (SSSR count). The van der Waals surface area contributed by atoms with Gasteiger partial charge in [-0.1, -0.05) is 48.5 Å². The highest BCUT2D eigenvalue weighted by atomic mass is 14.4. The van der Waals surface area contributed by atoms with Crippen LogP contribution in [0.25, 0.3) is 0 Å². The second-order valence-corrected chi connectivity index (χ2v) is 6.08. The first kappa shape index (κ1) is 12.0. The molecule has 0 amide bonds. The van der Waals surface area contributed by atoms with Crippen LogP contribution in [0.15, 0.2) is 0 Å². The Morgan fingerprint density at radius 1 is 0.917 bits per heavy atom. The maximum Gasteiger partial charge on any atom is -0.0291 e. The van der Waals surface area contributed by atoms with E-state index >= 15 is 0 Å². The van der Waals surface area contributed by atoms with Crippen LogP contribution in [0.2, 0.25) is 0 Å². The van der Waals surface area contributed by atoms with Crippen LogP contribution >= 0.6 is 0 Å². The Kier molecular flexibility index (Phi) is 3.40. The van der Waals surface area contributed by atoms with Crippen molar-refractivity contribution in [2.75, 3.05) is 0 Å². The van der Waals surface area contributed by atoms with Crippen LogP contribution in [0.5, 0.6) is 0 Å². The summed E-state index contributed by atoms with van der Waals surface area (Å²) in [5.41, 5.74) is 0.534. The molecular weight excluding hydrogens is 144 g/mol. The predicted octanol–water partition coefficient (Wildman–Crippen LogP) is 4.16. The Hall–Kier alpha value is 0. The van der Waals surface area contributed by atoms with Gasteiger partial charge in [-0.05, 0) is 29.6 Å². The minimum absolute atomic E-state index is 0.173. The molecule has 0 bridgehead atoms. The SMILES string of the molecule is [CH2]C(C)(C)C(C(C)C)C(C)(C)C. The first-order valence-electron chi connectivity index (χ1n) is 4.92. The fourth-order valence-electron chi connectivity index (χ4n) is 3.07. The van der Waals surface area contributed by atoms with Crippen LogP contribution in [0.4, 0.5) is 0 Å². The molecule has 0 aliphatic carbocycles. The molecule has 0 aliphatic rings. The highest BCUT2D eigenvalue weighted by Gasteiger charge is 2.36. The zero-order valence-electron chi connectivity index (χ0n) is 9.86. The fourth-order valence-corrected chi connectivity index (χ4v) is 3.07.